The van der Waals surface area contributed by atoms with Crippen LogP contribution in [-0.2, 0) is 17.4 Å². The average molecular weight is 441 g/mol. The molecule has 0 saturated carbocycles. The van der Waals surface area contributed by atoms with Crippen molar-refractivity contribution < 1.29 is 18.0 Å². The van der Waals surface area contributed by atoms with E-state index in [1.54, 1.807) is 7.05 Å². The fraction of sp³-hybridized carbons (Fsp3) is 0.269. The Bertz CT molecular complexity index is 1020. The number of carbonyl (C=O) groups is 1. The Morgan fingerprint density at radius 1 is 0.906 bits per heavy atom. The van der Waals surface area contributed by atoms with E-state index < -0.39 is 17.8 Å². The molecule has 6 heteroatoms. The smallest absolute Gasteiger partial charge is 0.358 e. The van der Waals surface area contributed by atoms with Crippen molar-refractivity contribution >= 4 is 5.91 Å². The summed E-state index contributed by atoms with van der Waals surface area (Å²) in [5, 5.41) is 6.21. The van der Waals surface area contributed by atoms with E-state index in [4.69, 9.17) is 0 Å². The van der Waals surface area contributed by atoms with Gasteiger partial charge >= 0.3 is 6.18 Å². The van der Waals surface area contributed by atoms with Crippen LogP contribution in [-0.4, -0.2) is 13.0 Å². The largest absolute Gasteiger partial charge is 0.416 e. The molecule has 32 heavy (non-hydrogen) atoms. The minimum absolute atomic E-state index is 0.149. The van der Waals surface area contributed by atoms with E-state index in [1.165, 1.54) is 12.1 Å². The number of aryl methyl sites for hydroxylation is 2. The first-order valence-electron chi connectivity index (χ1n) is 10.5. The Kier molecular flexibility index (Phi) is 7.70. The van der Waals surface area contributed by atoms with Gasteiger partial charge in [0.15, 0.2) is 0 Å². The van der Waals surface area contributed by atoms with Crippen molar-refractivity contribution in [2.24, 2.45) is 0 Å². The summed E-state index contributed by atoms with van der Waals surface area (Å²) in [6.07, 6.45) is -3.16. The minimum atomic E-state index is -4.35. The van der Waals surface area contributed by atoms with Crippen LogP contribution in [0.5, 0.6) is 0 Å². The molecule has 0 radical (unpaired) electrons. The molecule has 168 valence electrons. The monoisotopic (exact) mass is 440 g/mol. The van der Waals surface area contributed by atoms with Crippen molar-refractivity contribution in [3.8, 4) is 0 Å². The highest BCUT2D eigenvalue weighted by Gasteiger charge is 2.30. The number of benzene rings is 3. The van der Waals surface area contributed by atoms with Gasteiger partial charge in [-0.25, -0.2) is 0 Å². The lowest BCUT2D eigenvalue weighted by Crippen LogP contribution is -2.38. The third kappa shape index (κ3) is 5.98. The fourth-order valence-corrected chi connectivity index (χ4v) is 3.79. The maximum Gasteiger partial charge on any atom is 0.416 e. The zero-order chi connectivity index (χ0) is 23.1. The van der Waals surface area contributed by atoms with Crippen molar-refractivity contribution in [3.63, 3.8) is 0 Å². The fourth-order valence-electron chi connectivity index (χ4n) is 3.79. The first-order chi connectivity index (χ1) is 15.3. The summed E-state index contributed by atoms with van der Waals surface area (Å²) in [5.41, 5.74) is 3.15. The predicted molar refractivity (Wildman–Crippen MR) is 120 cm³/mol. The molecule has 3 nitrogen and oxygen atoms in total. The summed E-state index contributed by atoms with van der Waals surface area (Å²) in [4.78, 5) is 12.7. The maximum atomic E-state index is 12.9. The molecule has 2 N–H and O–H groups in total. The SMILES string of the molecule is CNC(=O)[C@H](N[C@@H](CCc1ccc(C(F)(F)F)cc1)c1ccccc1C)c1ccccc1. The zero-order valence-electron chi connectivity index (χ0n) is 18.1. The Morgan fingerprint density at radius 2 is 1.53 bits per heavy atom. The van der Waals surface area contributed by atoms with Gasteiger partial charge in [-0.1, -0.05) is 66.7 Å². The van der Waals surface area contributed by atoms with Crippen LogP contribution >= 0.6 is 0 Å². The summed E-state index contributed by atoms with van der Waals surface area (Å²) >= 11 is 0. The van der Waals surface area contributed by atoms with Crippen LogP contribution in [0.15, 0.2) is 78.9 Å². The highest BCUT2D eigenvalue weighted by atomic mass is 19.4. The third-order valence-corrected chi connectivity index (χ3v) is 5.58. The molecule has 2 atom stereocenters. The first-order valence-corrected chi connectivity index (χ1v) is 10.5. The maximum absolute atomic E-state index is 12.9. The molecule has 0 aromatic heterocycles. The summed E-state index contributed by atoms with van der Waals surface area (Å²) in [6.45, 7) is 2.01. The topological polar surface area (TPSA) is 41.1 Å². The van der Waals surface area contributed by atoms with Gasteiger partial charge in [0.1, 0.15) is 6.04 Å². The summed E-state index contributed by atoms with van der Waals surface area (Å²) < 4.78 is 38.6. The summed E-state index contributed by atoms with van der Waals surface area (Å²) in [6, 6.07) is 22.0. The van der Waals surface area contributed by atoms with Crippen LogP contribution in [0, 0.1) is 6.92 Å². The first kappa shape index (κ1) is 23.5. The third-order valence-electron chi connectivity index (χ3n) is 5.58. The van der Waals surface area contributed by atoms with Crippen LogP contribution in [0.1, 0.15) is 46.3 Å². The summed E-state index contributed by atoms with van der Waals surface area (Å²) in [5.74, 6) is -0.149. The molecule has 0 aliphatic heterocycles. The Morgan fingerprint density at radius 3 is 2.12 bits per heavy atom. The highest BCUT2D eigenvalue weighted by Crippen LogP contribution is 2.30. The second-order valence-electron chi connectivity index (χ2n) is 7.77. The van der Waals surface area contributed by atoms with Gasteiger partial charge in [0, 0.05) is 13.1 Å². The molecule has 0 heterocycles. The number of amides is 1. The number of carbonyl (C=O) groups excluding carboxylic acids is 1. The van der Waals surface area contributed by atoms with Crippen LogP contribution < -0.4 is 10.6 Å². The molecule has 3 aromatic rings. The standard InChI is InChI=1S/C26H27F3N2O/c1-18-8-6-7-11-22(18)23(17-14-19-12-15-21(16-13-19)26(27,28)29)31-24(25(32)30-2)20-9-4-3-5-10-20/h3-13,15-16,23-24,31H,14,17H2,1-2H3,(H,30,32)/t23-,24+/m0/s1. The Balaban J connectivity index is 1.85. The van der Waals surface area contributed by atoms with Gasteiger partial charge in [-0.2, -0.15) is 13.2 Å². The molecule has 0 fully saturated rings. The zero-order valence-corrected chi connectivity index (χ0v) is 18.1. The van der Waals surface area contributed by atoms with Gasteiger partial charge in [0.2, 0.25) is 5.91 Å². The minimum Gasteiger partial charge on any atom is -0.358 e. The van der Waals surface area contributed by atoms with Gasteiger partial charge in [0.25, 0.3) is 0 Å². The van der Waals surface area contributed by atoms with E-state index in [9.17, 15) is 18.0 Å². The van der Waals surface area contributed by atoms with Gasteiger partial charge < -0.3 is 5.32 Å². The van der Waals surface area contributed by atoms with E-state index in [0.29, 0.717) is 12.8 Å². The van der Waals surface area contributed by atoms with Gasteiger partial charge in [-0.05, 0) is 54.2 Å². The van der Waals surface area contributed by atoms with Crippen LogP contribution in [0.3, 0.4) is 0 Å². The van der Waals surface area contributed by atoms with Crippen molar-refractivity contribution in [2.75, 3.05) is 7.05 Å². The van der Waals surface area contributed by atoms with Gasteiger partial charge in [0.05, 0.1) is 5.56 Å². The van der Waals surface area contributed by atoms with Crippen molar-refractivity contribution in [1.29, 1.82) is 0 Å². The molecule has 3 rings (SSSR count). The van der Waals surface area contributed by atoms with E-state index in [-0.39, 0.29) is 11.9 Å². The normalized spacial score (nSPS) is 13.4. The second-order valence-corrected chi connectivity index (χ2v) is 7.77. The van der Waals surface area contributed by atoms with Gasteiger partial charge in [-0.15, -0.1) is 0 Å². The quantitative estimate of drug-likeness (QED) is 0.467. The van der Waals surface area contributed by atoms with E-state index in [2.05, 4.69) is 10.6 Å². The number of hydrogen-bond donors (Lipinski definition) is 2. The Labute approximate surface area is 186 Å². The van der Waals surface area contributed by atoms with E-state index >= 15 is 0 Å². The van der Waals surface area contributed by atoms with Crippen molar-refractivity contribution in [1.82, 2.24) is 10.6 Å². The highest BCUT2D eigenvalue weighted by molar-refractivity contribution is 5.83. The molecule has 0 unspecified atom stereocenters. The number of halogens is 3. The van der Waals surface area contributed by atoms with Crippen LogP contribution in [0.2, 0.25) is 0 Å². The molecule has 3 aromatic carbocycles. The molecule has 0 aliphatic rings. The van der Waals surface area contributed by atoms with Crippen LogP contribution in [0.25, 0.3) is 0 Å². The number of rotatable bonds is 8. The number of nitrogens with one attached hydrogen (secondary N) is 2. The Hall–Kier alpha value is -3.12. The lowest BCUT2D eigenvalue weighted by molar-refractivity contribution is -0.137. The van der Waals surface area contributed by atoms with E-state index in [0.717, 1.165) is 34.4 Å². The van der Waals surface area contributed by atoms with Crippen molar-refractivity contribution in [2.45, 2.75) is 38.0 Å². The lowest BCUT2D eigenvalue weighted by Gasteiger charge is -2.27. The second kappa shape index (κ2) is 10.5. The predicted octanol–water partition coefficient (Wildman–Crippen LogP) is 5.76. The number of likely N-dealkylation sites (N-methyl/N-ethyl adjacent to an activating group) is 1. The van der Waals surface area contributed by atoms with Crippen molar-refractivity contribution in [3.05, 3.63) is 107 Å². The lowest BCUT2D eigenvalue weighted by atomic mass is 9.93. The molecule has 0 aliphatic carbocycles. The molecule has 0 bridgehead atoms. The number of hydrogen-bond acceptors (Lipinski definition) is 2. The molecule has 0 spiro atoms. The summed E-state index contributed by atoms with van der Waals surface area (Å²) in [7, 11) is 1.60. The molecule has 0 saturated heterocycles. The molecular weight excluding hydrogens is 413 g/mol. The molecular formula is C26H27F3N2O. The van der Waals surface area contributed by atoms with E-state index in [1.807, 2.05) is 61.5 Å². The number of alkyl halides is 3. The average Bonchev–Trinajstić information content (AvgIpc) is 2.79. The molecule has 1 amide bonds. The van der Waals surface area contributed by atoms with Gasteiger partial charge in [-0.3, -0.25) is 10.1 Å². The van der Waals surface area contributed by atoms with Crippen LogP contribution in [0.4, 0.5) is 13.2 Å².